The van der Waals surface area contributed by atoms with Gasteiger partial charge in [0.05, 0.1) is 29.9 Å². The molecule has 1 aromatic carbocycles. The quantitative estimate of drug-likeness (QED) is 0.359. The predicted octanol–water partition coefficient (Wildman–Crippen LogP) is 2.16. The van der Waals surface area contributed by atoms with Crippen molar-refractivity contribution in [1.29, 1.82) is 0 Å². The van der Waals surface area contributed by atoms with Crippen LogP contribution >= 0.6 is 11.8 Å². The molecule has 9 nitrogen and oxygen atoms in total. The van der Waals surface area contributed by atoms with Gasteiger partial charge in [-0.05, 0) is 31.2 Å². The van der Waals surface area contributed by atoms with Crippen molar-refractivity contribution in [2.24, 2.45) is 0 Å². The maximum Gasteiger partial charge on any atom is 0.340 e. The van der Waals surface area contributed by atoms with Gasteiger partial charge in [0.2, 0.25) is 16.9 Å². The highest BCUT2D eigenvalue weighted by molar-refractivity contribution is 7.99. The van der Waals surface area contributed by atoms with E-state index in [4.69, 9.17) is 15.0 Å². The smallest absolute Gasteiger partial charge is 0.340 e. The first kappa shape index (κ1) is 18.5. The molecule has 3 aromatic rings. The minimum Gasteiger partial charge on any atom is -0.462 e. The Morgan fingerprint density at radius 3 is 2.81 bits per heavy atom. The fourth-order valence-corrected chi connectivity index (χ4v) is 2.90. The number of para-hydroxylation sites is 1. The molecular formula is C17H17N5O4S. The lowest BCUT2D eigenvalue weighted by Crippen LogP contribution is -2.18. The first-order valence-electron chi connectivity index (χ1n) is 8.03. The molecule has 3 N–H and O–H groups in total. The molecule has 27 heavy (non-hydrogen) atoms. The molecule has 2 aromatic heterocycles. The van der Waals surface area contributed by atoms with Gasteiger partial charge < -0.3 is 20.3 Å². The largest absolute Gasteiger partial charge is 0.462 e. The number of nitrogens with zero attached hydrogens (tertiary/aromatic N) is 3. The van der Waals surface area contributed by atoms with E-state index in [1.807, 2.05) is 0 Å². The summed E-state index contributed by atoms with van der Waals surface area (Å²) in [5.41, 5.74) is 0.673. The van der Waals surface area contributed by atoms with Crippen LogP contribution in [-0.4, -0.2) is 39.1 Å². The number of nitrogens with one attached hydrogen (secondary N) is 1. The predicted molar refractivity (Wildman–Crippen MR) is 99.6 cm³/mol. The molecule has 0 unspecified atom stereocenters. The van der Waals surface area contributed by atoms with Crippen LogP contribution in [0.4, 0.5) is 5.69 Å². The van der Waals surface area contributed by atoms with Crippen LogP contribution in [0, 0.1) is 0 Å². The zero-order valence-electron chi connectivity index (χ0n) is 14.4. The highest BCUT2D eigenvalue weighted by atomic mass is 32.2. The summed E-state index contributed by atoms with van der Waals surface area (Å²) in [5, 5.41) is 11.0. The molecule has 0 bridgehead atoms. The number of amides is 1. The second-order valence-corrected chi connectivity index (χ2v) is 6.20. The number of nitrogens with two attached hydrogens (primary N) is 1. The molecule has 3 rings (SSSR count). The van der Waals surface area contributed by atoms with Gasteiger partial charge in [0.1, 0.15) is 0 Å². The molecule has 0 atom stereocenters. The first-order chi connectivity index (χ1) is 13.1. The highest BCUT2D eigenvalue weighted by Gasteiger charge is 2.17. The number of hydrogen-bond donors (Lipinski definition) is 2. The lowest BCUT2D eigenvalue weighted by molar-refractivity contribution is -0.113. The summed E-state index contributed by atoms with van der Waals surface area (Å²) in [5.74, 6) is 6.00. The topological polar surface area (TPSA) is 125 Å². The summed E-state index contributed by atoms with van der Waals surface area (Å²) < 4.78 is 11.5. The standard InChI is InChI=1S/C17H17N5O4S/c1-2-25-16(24)11-6-3-4-7-12(11)19-14(23)10-27-17-21-20-15(22(17)18)13-8-5-9-26-13/h3-9H,2,10,18H2,1H3,(H,19,23). The van der Waals surface area contributed by atoms with Crippen molar-refractivity contribution < 1.29 is 18.7 Å². The van der Waals surface area contributed by atoms with Crippen LogP contribution in [-0.2, 0) is 9.53 Å². The normalized spacial score (nSPS) is 10.6. The molecule has 0 aliphatic rings. The number of nitrogen functional groups attached to an aromatic ring is 1. The number of esters is 1. The third kappa shape index (κ3) is 4.29. The number of aromatic nitrogens is 3. The average Bonchev–Trinajstić information content (AvgIpc) is 3.30. The molecule has 0 aliphatic carbocycles. The van der Waals surface area contributed by atoms with E-state index >= 15 is 0 Å². The van der Waals surface area contributed by atoms with Gasteiger partial charge in [-0.2, -0.15) is 0 Å². The summed E-state index contributed by atoms with van der Waals surface area (Å²) in [4.78, 5) is 24.2. The van der Waals surface area contributed by atoms with Crippen LogP contribution in [0.1, 0.15) is 17.3 Å². The van der Waals surface area contributed by atoms with Gasteiger partial charge in [0, 0.05) is 0 Å². The molecule has 0 saturated carbocycles. The Bertz CT molecular complexity index is 939. The van der Waals surface area contributed by atoms with E-state index in [0.29, 0.717) is 28.0 Å². The molecule has 10 heteroatoms. The maximum atomic E-state index is 12.3. The fourth-order valence-electron chi connectivity index (χ4n) is 2.24. The fraction of sp³-hybridized carbons (Fsp3) is 0.176. The van der Waals surface area contributed by atoms with Crippen molar-refractivity contribution in [3.05, 3.63) is 48.2 Å². The van der Waals surface area contributed by atoms with Crippen molar-refractivity contribution in [2.45, 2.75) is 12.1 Å². The molecule has 1 amide bonds. The Kier molecular flexibility index (Phi) is 5.77. The highest BCUT2D eigenvalue weighted by Crippen LogP contribution is 2.22. The lowest BCUT2D eigenvalue weighted by Gasteiger charge is -2.10. The van der Waals surface area contributed by atoms with E-state index in [1.54, 1.807) is 43.3 Å². The number of anilines is 1. The Hall–Kier alpha value is -3.27. The first-order valence-corrected chi connectivity index (χ1v) is 9.02. The third-order valence-corrected chi connectivity index (χ3v) is 4.38. The van der Waals surface area contributed by atoms with E-state index in [0.717, 1.165) is 11.8 Å². The van der Waals surface area contributed by atoms with Crippen molar-refractivity contribution in [2.75, 3.05) is 23.5 Å². The maximum absolute atomic E-state index is 12.3. The van der Waals surface area contributed by atoms with Crippen LogP contribution in [0.2, 0.25) is 0 Å². The molecular weight excluding hydrogens is 370 g/mol. The SMILES string of the molecule is CCOC(=O)c1ccccc1NC(=O)CSc1nnc(-c2ccco2)n1N. The minimum atomic E-state index is -0.495. The number of ether oxygens (including phenoxy) is 1. The van der Waals surface area contributed by atoms with Gasteiger partial charge in [-0.25, -0.2) is 9.47 Å². The van der Waals surface area contributed by atoms with Crippen LogP contribution in [0.5, 0.6) is 0 Å². The number of carbonyl (C=O) groups is 2. The van der Waals surface area contributed by atoms with E-state index in [2.05, 4.69) is 15.5 Å². The molecule has 2 heterocycles. The Morgan fingerprint density at radius 1 is 1.26 bits per heavy atom. The van der Waals surface area contributed by atoms with Gasteiger partial charge >= 0.3 is 5.97 Å². The molecule has 0 saturated heterocycles. The summed E-state index contributed by atoms with van der Waals surface area (Å²) >= 11 is 1.11. The summed E-state index contributed by atoms with van der Waals surface area (Å²) in [6, 6.07) is 10.1. The summed E-state index contributed by atoms with van der Waals surface area (Å²) in [6.45, 7) is 1.97. The minimum absolute atomic E-state index is 0.0324. The Morgan fingerprint density at radius 2 is 2.07 bits per heavy atom. The van der Waals surface area contributed by atoms with Crippen molar-refractivity contribution in [3.8, 4) is 11.6 Å². The number of carbonyl (C=O) groups excluding carboxylic acids is 2. The van der Waals surface area contributed by atoms with Crippen LogP contribution < -0.4 is 11.2 Å². The molecule has 0 fully saturated rings. The Balaban J connectivity index is 1.64. The number of benzene rings is 1. The van der Waals surface area contributed by atoms with Crippen molar-refractivity contribution in [1.82, 2.24) is 14.9 Å². The number of thioether (sulfide) groups is 1. The van der Waals surface area contributed by atoms with Gasteiger partial charge in [-0.1, -0.05) is 23.9 Å². The van der Waals surface area contributed by atoms with Crippen LogP contribution in [0.3, 0.4) is 0 Å². The second kappa shape index (κ2) is 8.41. The van der Waals surface area contributed by atoms with Crippen molar-refractivity contribution >= 4 is 29.3 Å². The van der Waals surface area contributed by atoms with Gasteiger partial charge in [0.15, 0.2) is 5.76 Å². The second-order valence-electron chi connectivity index (χ2n) is 5.26. The number of rotatable bonds is 7. The van der Waals surface area contributed by atoms with Gasteiger partial charge in [0.25, 0.3) is 0 Å². The Labute approximate surface area is 158 Å². The zero-order chi connectivity index (χ0) is 19.2. The lowest BCUT2D eigenvalue weighted by atomic mass is 10.2. The number of hydrogen-bond acceptors (Lipinski definition) is 8. The van der Waals surface area contributed by atoms with Crippen molar-refractivity contribution in [3.63, 3.8) is 0 Å². The molecule has 140 valence electrons. The van der Waals surface area contributed by atoms with E-state index in [1.165, 1.54) is 10.9 Å². The average molecular weight is 387 g/mol. The van der Waals surface area contributed by atoms with Crippen LogP contribution in [0.25, 0.3) is 11.6 Å². The van der Waals surface area contributed by atoms with Crippen LogP contribution in [0.15, 0.2) is 52.2 Å². The van der Waals surface area contributed by atoms with E-state index in [-0.39, 0.29) is 18.3 Å². The molecule has 0 radical (unpaired) electrons. The zero-order valence-corrected chi connectivity index (χ0v) is 15.2. The monoisotopic (exact) mass is 387 g/mol. The summed E-state index contributed by atoms with van der Waals surface area (Å²) in [6.07, 6.45) is 1.51. The summed E-state index contributed by atoms with van der Waals surface area (Å²) in [7, 11) is 0. The number of furan rings is 1. The molecule has 0 spiro atoms. The van der Waals surface area contributed by atoms with E-state index in [9.17, 15) is 9.59 Å². The van der Waals surface area contributed by atoms with E-state index < -0.39 is 5.97 Å². The third-order valence-electron chi connectivity index (χ3n) is 3.43. The van der Waals surface area contributed by atoms with Gasteiger partial charge in [-0.3, -0.25) is 4.79 Å². The van der Waals surface area contributed by atoms with Gasteiger partial charge in [-0.15, -0.1) is 10.2 Å². The molecule has 0 aliphatic heterocycles.